The number of nitrogens with zero attached hydrogens (tertiary/aromatic N) is 5. The number of imidazole rings is 1. The fraction of sp³-hybridized carbons (Fsp3) is 0.206. The van der Waals surface area contributed by atoms with E-state index < -0.39 is 0 Å². The van der Waals surface area contributed by atoms with E-state index >= 15 is 0 Å². The summed E-state index contributed by atoms with van der Waals surface area (Å²) < 4.78 is 0. The normalized spacial score (nSPS) is 16.0. The van der Waals surface area contributed by atoms with Crippen molar-refractivity contribution in [3.05, 3.63) is 125 Å². The van der Waals surface area contributed by atoms with Gasteiger partial charge in [-0.05, 0) is 79.5 Å². The maximum Gasteiger partial charge on any atom is 0.141 e. The van der Waals surface area contributed by atoms with Crippen LogP contribution in [0.1, 0.15) is 46.8 Å². The van der Waals surface area contributed by atoms with Crippen LogP contribution in [0.5, 0.6) is 0 Å². The molecule has 5 aromatic rings. The van der Waals surface area contributed by atoms with Crippen molar-refractivity contribution in [2.24, 2.45) is 4.99 Å². The summed E-state index contributed by atoms with van der Waals surface area (Å²) in [6.07, 6.45) is 2.24. The van der Waals surface area contributed by atoms with Gasteiger partial charge in [0.15, 0.2) is 0 Å². The number of piperidine rings is 1. The van der Waals surface area contributed by atoms with Gasteiger partial charge in [0, 0.05) is 23.7 Å². The largest absolute Gasteiger partial charge is 0.342 e. The first-order valence-electron chi connectivity index (χ1n) is 13.9. The molecule has 0 radical (unpaired) electrons. The molecule has 4 aromatic carbocycles. The van der Waals surface area contributed by atoms with E-state index in [9.17, 15) is 5.26 Å². The van der Waals surface area contributed by atoms with Crippen molar-refractivity contribution in [1.82, 2.24) is 14.9 Å². The zero-order valence-corrected chi connectivity index (χ0v) is 22.3. The minimum atomic E-state index is 0.492. The number of para-hydroxylation sites is 3. The molecule has 196 valence electrons. The Balaban J connectivity index is 1.07. The molecule has 1 saturated heterocycles. The molecule has 3 heterocycles. The number of anilines is 1. The molecule has 7 rings (SSSR count). The van der Waals surface area contributed by atoms with Crippen molar-refractivity contribution in [3.63, 3.8) is 0 Å². The number of rotatable bonds is 5. The molecular weight excluding hydrogens is 492 g/mol. The molecular formula is C34H30N6. The third-order valence-electron chi connectivity index (χ3n) is 8.09. The van der Waals surface area contributed by atoms with Crippen LogP contribution < -0.4 is 4.90 Å². The summed E-state index contributed by atoms with van der Waals surface area (Å²) in [6.45, 7) is 3.76. The molecule has 0 atom stereocenters. The van der Waals surface area contributed by atoms with E-state index in [-0.39, 0.29) is 0 Å². The van der Waals surface area contributed by atoms with Gasteiger partial charge in [-0.25, -0.2) is 9.98 Å². The topological polar surface area (TPSA) is 71.3 Å². The fourth-order valence-electron chi connectivity index (χ4n) is 5.90. The number of hydrogen-bond acceptors (Lipinski definition) is 5. The van der Waals surface area contributed by atoms with Crippen molar-refractivity contribution in [3.8, 4) is 6.07 Å². The average molecular weight is 523 g/mol. The van der Waals surface area contributed by atoms with E-state index in [0.29, 0.717) is 18.0 Å². The Labute approximate surface area is 234 Å². The fourth-order valence-corrected chi connectivity index (χ4v) is 5.90. The minimum absolute atomic E-state index is 0.492. The number of aliphatic imine (C=N–C) groups is 1. The summed E-state index contributed by atoms with van der Waals surface area (Å²) in [5.41, 5.74) is 8.33. The Bertz CT molecular complexity index is 1690. The second-order valence-electron chi connectivity index (χ2n) is 10.7. The van der Waals surface area contributed by atoms with E-state index in [0.717, 1.165) is 77.7 Å². The van der Waals surface area contributed by atoms with Crippen LogP contribution in [0, 0.1) is 11.3 Å². The molecule has 6 heteroatoms. The first-order valence-corrected chi connectivity index (χ1v) is 13.9. The van der Waals surface area contributed by atoms with Crippen LogP contribution >= 0.6 is 0 Å². The molecule has 0 aliphatic carbocycles. The van der Waals surface area contributed by atoms with Gasteiger partial charge in [0.25, 0.3) is 0 Å². The van der Waals surface area contributed by atoms with Gasteiger partial charge >= 0.3 is 0 Å². The predicted molar refractivity (Wildman–Crippen MR) is 160 cm³/mol. The highest BCUT2D eigenvalue weighted by molar-refractivity contribution is 6.12. The molecule has 0 saturated carbocycles. The van der Waals surface area contributed by atoms with Gasteiger partial charge in [-0.15, -0.1) is 0 Å². The maximum atomic E-state index is 9.38. The van der Waals surface area contributed by atoms with E-state index in [2.05, 4.69) is 87.6 Å². The van der Waals surface area contributed by atoms with Gasteiger partial charge in [-0.3, -0.25) is 4.90 Å². The second-order valence-corrected chi connectivity index (χ2v) is 10.7. The highest BCUT2D eigenvalue weighted by Crippen LogP contribution is 2.33. The predicted octanol–water partition coefficient (Wildman–Crippen LogP) is 6.91. The van der Waals surface area contributed by atoms with Crippen LogP contribution in [-0.4, -0.2) is 33.8 Å². The molecule has 1 aromatic heterocycles. The quantitative estimate of drug-likeness (QED) is 0.272. The van der Waals surface area contributed by atoms with Gasteiger partial charge in [-0.1, -0.05) is 54.6 Å². The zero-order chi connectivity index (χ0) is 26.9. The average Bonchev–Trinajstić information content (AvgIpc) is 3.46. The van der Waals surface area contributed by atoms with Crippen LogP contribution in [-0.2, 0) is 13.1 Å². The number of likely N-dealkylation sites (tertiary alicyclic amines) is 1. The smallest absolute Gasteiger partial charge is 0.141 e. The molecule has 0 unspecified atom stereocenters. The van der Waals surface area contributed by atoms with Crippen molar-refractivity contribution in [2.75, 3.05) is 18.0 Å². The van der Waals surface area contributed by atoms with Crippen LogP contribution in [0.2, 0.25) is 0 Å². The lowest BCUT2D eigenvalue weighted by atomic mass is 9.95. The number of fused-ring (bicyclic) bond motifs is 2. The van der Waals surface area contributed by atoms with Gasteiger partial charge in [-0.2, -0.15) is 5.26 Å². The molecule has 0 bridgehead atoms. The van der Waals surface area contributed by atoms with Gasteiger partial charge < -0.3 is 9.88 Å². The van der Waals surface area contributed by atoms with Crippen LogP contribution in [0.4, 0.5) is 11.4 Å². The SMILES string of the molecule is N#Cc1ccc2c(c1)CN(c1ccccc1)C(c1ccc(CN3CCC(c4nc5ccccc5[nH]4)CC3)cc1)=N2. The molecule has 40 heavy (non-hydrogen) atoms. The number of benzene rings is 4. The lowest BCUT2D eigenvalue weighted by molar-refractivity contribution is 0.202. The number of nitrogens with one attached hydrogen (secondary N) is 1. The second kappa shape index (κ2) is 10.4. The molecule has 2 aliphatic heterocycles. The Hall–Kier alpha value is -4.73. The maximum absolute atomic E-state index is 9.38. The summed E-state index contributed by atoms with van der Waals surface area (Å²) in [5.74, 6) is 2.56. The third-order valence-corrected chi connectivity index (χ3v) is 8.09. The van der Waals surface area contributed by atoms with Gasteiger partial charge in [0.05, 0.1) is 34.9 Å². The standard InChI is InChI=1S/C34H30N6/c35-21-25-12-15-30-28(20-25)23-40(29-6-2-1-3-7-29)34(38-30)27-13-10-24(11-14-27)22-39-18-16-26(17-19-39)33-36-31-8-4-5-9-32(31)37-33/h1-15,20,26H,16-19,22-23H2,(H,36,37). The number of aromatic nitrogens is 2. The Morgan fingerprint density at radius 2 is 1.65 bits per heavy atom. The van der Waals surface area contributed by atoms with Crippen molar-refractivity contribution < 1.29 is 0 Å². The number of aromatic amines is 1. The van der Waals surface area contributed by atoms with E-state index in [1.807, 2.05) is 30.3 Å². The van der Waals surface area contributed by atoms with Crippen molar-refractivity contribution in [1.29, 1.82) is 5.26 Å². The molecule has 1 N–H and O–H groups in total. The molecule has 0 amide bonds. The Kier molecular flexibility index (Phi) is 6.35. The van der Waals surface area contributed by atoms with Gasteiger partial charge in [0.2, 0.25) is 0 Å². The van der Waals surface area contributed by atoms with Crippen molar-refractivity contribution >= 4 is 28.2 Å². The van der Waals surface area contributed by atoms with Crippen LogP contribution in [0.25, 0.3) is 11.0 Å². The van der Waals surface area contributed by atoms with E-state index in [1.165, 1.54) is 5.56 Å². The highest BCUT2D eigenvalue weighted by Gasteiger charge is 2.25. The number of amidine groups is 1. The van der Waals surface area contributed by atoms with Crippen molar-refractivity contribution in [2.45, 2.75) is 31.8 Å². The minimum Gasteiger partial charge on any atom is -0.342 e. The first kappa shape index (κ1) is 24.3. The summed E-state index contributed by atoms with van der Waals surface area (Å²) in [5, 5.41) is 9.38. The summed E-state index contributed by atoms with van der Waals surface area (Å²) in [6, 6.07) is 35.5. The Morgan fingerprint density at radius 3 is 2.42 bits per heavy atom. The number of nitriles is 1. The van der Waals surface area contributed by atoms with Gasteiger partial charge in [0.1, 0.15) is 11.7 Å². The number of hydrogen-bond donors (Lipinski definition) is 1. The summed E-state index contributed by atoms with van der Waals surface area (Å²) >= 11 is 0. The van der Waals surface area contributed by atoms with E-state index in [4.69, 9.17) is 9.98 Å². The lowest BCUT2D eigenvalue weighted by Crippen LogP contribution is -2.34. The number of H-pyrrole nitrogens is 1. The zero-order valence-electron chi connectivity index (χ0n) is 22.3. The molecule has 2 aliphatic rings. The Morgan fingerprint density at radius 1 is 0.875 bits per heavy atom. The summed E-state index contributed by atoms with van der Waals surface area (Å²) in [4.78, 5) is 18.2. The lowest BCUT2D eigenvalue weighted by Gasteiger charge is -2.32. The van der Waals surface area contributed by atoms with Crippen LogP contribution in [0.15, 0.2) is 102 Å². The van der Waals surface area contributed by atoms with Crippen LogP contribution in [0.3, 0.4) is 0 Å². The molecule has 0 spiro atoms. The highest BCUT2D eigenvalue weighted by atomic mass is 15.2. The monoisotopic (exact) mass is 522 g/mol. The summed E-state index contributed by atoms with van der Waals surface area (Å²) in [7, 11) is 0. The first-order chi connectivity index (χ1) is 19.7. The molecule has 6 nitrogen and oxygen atoms in total. The van der Waals surface area contributed by atoms with E-state index in [1.54, 1.807) is 0 Å². The molecule has 1 fully saturated rings. The third kappa shape index (κ3) is 4.76.